The van der Waals surface area contributed by atoms with Crippen molar-refractivity contribution in [1.29, 1.82) is 0 Å². The molecule has 6 heteroatoms. The predicted molar refractivity (Wildman–Crippen MR) is 124 cm³/mol. The molecule has 5 nitrogen and oxygen atoms in total. The van der Waals surface area contributed by atoms with Crippen molar-refractivity contribution in [1.82, 2.24) is 4.90 Å². The van der Waals surface area contributed by atoms with Crippen molar-refractivity contribution in [3.63, 3.8) is 0 Å². The second kappa shape index (κ2) is 16.5. The van der Waals surface area contributed by atoms with Gasteiger partial charge < -0.3 is 19.5 Å². The Labute approximate surface area is 183 Å². The molecule has 0 fully saturated rings. The highest BCUT2D eigenvalue weighted by Crippen LogP contribution is 2.15. The van der Waals surface area contributed by atoms with Gasteiger partial charge in [0, 0.05) is 6.54 Å². The molecule has 0 heterocycles. The Kier molecular flexibility index (Phi) is 15.1. The average Bonchev–Trinajstić information content (AvgIpc) is 2.71. The Bertz CT molecular complexity index is 693. The van der Waals surface area contributed by atoms with Crippen LogP contribution in [0.2, 0.25) is 0 Å². The lowest BCUT2D eigenvalue weighted by atomic mass is 10.2. The van der Waals surface area contributed by atoms with E-state index >= 15 is 0 Å². The van der Waals surface area contributed by atoms with Gasteiger partial charge in [0.15, 0.2) is 0 Å². The van der Waals surface area contributed by atoms with Crippen LogP contribution in [0.25, 0.3) is 6.08 Å². The number of allylic oxidation sites excluding steroid dienone is 3. The summed E-state index contributed by atoms with van der Waals surface area (Å²) < 4.78 is 10.9. The molecule has 0 radical (unpaired) electrons. The first-order valence-corrected chi connectivity index (χ1v) is 10.9. The summed E-state index contributed by atoms with van der Waals surface area (Å²) in [5.41, 5.74) is 1.74. The van der Waals surface area contributed by atoms with Crippen LogP contribution in [-0.2, 0) is 9.53 Å². The van der Waals surface area contributed by atoms with Gasteiger partial charge in [-0.2, -0.15) is 0 Å². The summed E-state index contributed by atoms with van der Waals surface area (Å²) >= 11 is 2.94. The highest BCUT2D eigenvalue weighted by atomic mass is 79.9. The minimum atomic E-state index is -1.08. The third-order valence-corrected chi connectivity index (χ3v) is 3.48. The number of carboxylic acid groups (broad SMARTS) is 1. The number of hydrogen-bond donors (Lipinski definition) is 1. The van der Waals surface area contributed by atoms with Gasteiger partial charge in [-0.05, 0) is 62.7 Å². The molecule has 0 atom stereocenters. The Morgan fingerprint density at radius 1 is 1.28 bits per heavy atom. The van der Waals surface area contributed by atoms with Crippen LogP contribution >= 0.6 is 15.9 Å². The second-order valence-corrected chi connectivity index (χ2v) is 5.89. The molecule has 0 aliphatic rings. The summed E-state index contributed by atoms with van der Waals surface area (Å²) in [5, 5.41) is 9.09. The van der Waals surface area contributed by atoms with Gasteiger partial charge in [-0.25, -0.2) is 4.79 Å². The number of benzene rings is 1. The van der Waals surface area contributed by atoms with Crippen molar-refractivity contribution < 1.29 is 19.4 Å². The SMILES string of the molecule is C=C(C)/C=C\N(C/C=C\C)CCOc1ccc(/C=C(\OCC)C(=O)O)cc1.CBr. The Morgan fingerprint density at radius 3 is 2.45 bits per heavy atom. The molecule has 0 aromatic heterocycles. The molecule has 29 heavy (non-hydrogen) atoms. The molecular formula is C23H32BrNO4. The van der Waals surface area contributed by atoms with Crippen LogP contribution in [0.15, 0.2) is 66.6 Å². The zero-order valence-electron chi connectivity index (χ0n) is 17.7. The van der Waals surface area contributed by atoms with Gasteiger partial charge in [0.05, 0.1) is 13.2 Å². The average molecular weight is 466 g/mol. The summed E-state index contributed by atoms with van der Waals surface area (Å²) in [6.07, 6.45) is 9.59. The van der Waals surface area contributed by atoms with Crippen molar-refractivity contribution in [2.75, 3.05) is 32.1 Å². The highest BCUT2D eigenvalue weighted by molar-refractivity contribution is 9.08. The van der Waals surface area contributed by atoms with E-state index in [-0.39, 0.29) is 5.76 Å². The number of rotatable bonds is 12. The minimum Gasteiger partial charge on any atom is -0.492 e. The molecule has 0 saturated carbocycles. The molecule has 0 aliphatic carbocycles. The van der Waals surface area contributed by atoms with Gasteiger partial charge in [-0.3, -0.25) is 0 Å². The number of carbonyl (C=O) groups is 1. The Balaban J connectivity index is 0.00000379. The van der Waals surface area contributed by atoms with Crippen LogP contribution < -0.4 is 4.74 Å². The summed E-state index contributed by atoms with van der Waals surface area (Å²) in [4.78, 5) is 13.2. The van der Waals surface area contributed by atoms with Gasteiger partial charge in [0.1, 0.15) is 12.4 Å². The lowest BCUT2D eigenvalue weighted by Crippen LogP contribution is -2.23. The molecule has 0 amide bonds. The number of nitrogens with zero attached hydrogens (tertiary/aromatic N) is 1. The molecule has 0 saturated heterocycles. The third-order valence-electron chi connectivity index (χ3n) is 3.48. The number of halogens is 1. The van der Waals surface area contributed by atoms with E-state index in [0.29, 0.717) is 13.2 Å². The molecule has 0 aliphatic heterocycles. The quantitative estimate of drug-likeness (QED) is 0.145. The molecule has 0 bridgehead atoms. The van der Waals surface area contributed by atoms with E-state index < -0.39 is 5.97 Å². The van der Waals surface area contributed by atoms with Crippen molar-refractivity contribution in [3.05, 3.63) is 72.2 Å². The van der Waals surface area contributed by atoms with E-state index in [1.807, 2.05) is 50.2 Å². The summed E-state index contributed by atoms with van der Waals surface area (Å²) in [7, 11) is 0. The lowest BCUT2D eigenvalue weighted by Gasteiger charge is -2.19. The first-order chi connectivity index (χ1) is 14.0. The Morgan fingerprint density at radius 2 is 1.93 bits per heavy atom. The summed E-state index contributed by atoms with van der Waals surface area (Å²) in [5.74, 6) is 1.39. The topological polar surface area (TPSA) is 59.0 Å². The predicted octanol–water partition coefficient (Wildman–Crippen LogP) is 5.51. The van der Waals surface area contributed by atoms with Gasteiger partial charge in [-0.1, -0.05) is 52.4 Å². The molecule has 1 aromatic rings. The second-order valence-electron chi connectivity index (χ2n) is 5.89. The summed E-state index contributed by atoms with van der Waals surface area (Å²) in [6, 6.07) is 7.24. The van der Waals surface area contributed by atoms with Crippen molar-refractivity contribution in [2.24, 2.45) is 0 Å². The van der Waals surface area contributed by atoms with Gasteiger partial charge in [0.25, 0.3) is 0 Å². The maximum atomic E-state index is 11.1. The maximum absolute atomic E-state index is 11.1. The van der Waals surface area contributed by atoms with E-state index in [9.17, 15) is 4.79 Å². The van der Waals surface area contributed by atoms with Gasteiger partial charge >= 0.3 is 5.97 Å². The molecule has 1 aromatic carbocycles. The fourth-order valence-electron chi connectivity index (χ4n) is 2.11. The van der Waals surface area contributed by atoms with E-state index in [0.717, 1.165) is 30.0 Å². The molecule has 160 valence electrons. The zero-order chi connectivity index (χ0) is 22.1. The lowest BCUT2D eigenvalue weighted by molar-refractivity contribution is -0.136. The van der Waals surface area contributed by atoms with Crippen LogP contribution in [0.1, 0.15) is 26.3 Å². The fraction of sp³-hybridized carbons (Fsp3) is 0.348. The van der Waals surface area contributed by atoms with E-state index in [4.69, 9.17) is 14.6 Å². The fourth-order valence-corrected chi connectivity index (χ4v) is 2.11. The number of aliphatic carboxylic acids is 1. The number of carboxylic acids is 1. The molecule has 0 unspecified atom stereocenters. The molecule has 1 rings (SSSR count). The normalized spacial score (nSPS) is 11.1. The van der Waals surface area contributed by atoms with Crippen molar-refractivity contribution in [2.45, 2.75) is 20.8 Å². The van der Waals surface area contributed by atoms with Crippen LogP contribution in [0.4, 0.5) is 0 Å². The van der Waals surface area contributed by atoms with Gasteiger partial charge in [-0.15, -0.1) is 0 Å². The monoisotopic (exact) mass is 465 g/mol. The Hall–Kier alpha value is -2.47. The van der Waals surface area contributed by atoms with Crippen molar-refractivity contribution >= 4 is 28.0 Å². The first kappa shape index (κ1) is 26.5. The zero-order valence-corrected chi connectivity index (χ0v) is 19.3. The largest absolute Gasteiger partial charge is 0.492 e. The molecular weight excluding hydrogens is 434 g/mol. The van der Waals surface area contributed by atoms with Crippen LogP contribution in [0, 0.1) is 0 Å². The highest BCUT2D eigenvalue weighted by Gasteiger charge is 2.07. The van der Waals surface area contributed by atoms with E-state index in [1.54, 1.807) is 19.1 Å². The molecule has 0 spiro atoms. The number of hydrogen-bond acceptors (Lipinski definition) is 4. The van der Waals surface area contributed by atoms with Crippen LogP contribution in [0.3, 0.4) is 0 Å². The van der Waals surface area contributed by atoms with Crippen LogP contribution in [-0.4, -0.2) is 48.1 Å². The van der Waals surface area contributed by atoms with E-state index in [2.05, 4.69) is 33.5 Å². The standard InChI is InChI=1S/C22H29NO4.CH3Br/c1-5-7-13-23(14-12-18(3)4)15-16-27-20-10-8-19(9-11-20)17-21(22(24)25)26-6-2;1-2/h5,7-12,14,17H,3,6,13,15-16H2,1-2,4H3,(H,24,25);1H3/b7-5-,14-12-,21-17-;. The number of ether oxygens (including phenoxy) is 2. The van der Waals surface area contributed by atoms with Crippen molar-refractivity contribution in [3.8, 4) is 5.75 Å². The minimum absolute atomic E-state index is 0.0740. The molecule has 1 N–H and O–H groups in total. The maximum Gasteiger partial charge on any atom is 0.371 e. The van der Waals surface area contributed by atoms with Crippen LogP contribution in [0.5, 0.6) is 5.75 Å². The summed E-state index contributed by atoms with van der Waals surface area (Å²) in [6.45, 7) is 12.0. The van der Waals surface area contributed by atoms with Gasteiger partial charge in [0.2, 0.25) is 5.76 Å². The van der Waals surface area contributed by atoms with E-state index in [1.165, 1.54) is 6.08 Å². The smallest absolute Gasteiger partial charge is 0.371 e. The third kappa shape index (κ3) is 12.6. The number of alkyl halides is 1. The first-order valence-electron chi connectivity index (χ1n) is 9.33.